The summed E-state index contributed by atoms with van der Waals surface area (Å²) >= 11 is 1.71. The van der Waals surface area contributed by atoms with Crippen LogP contribution in [0.4, 0.5) is 0 Å². The topological polar surface area (TPSA) is 69.6 Å². The van der Waals surface area contributed by atoms with E-state index in [9.17, 15) is 4.79 Å². The number of rotatable bonds is 5. The van der Waals surface area contributed by atoms with Gasteiger partial charge >= 0.3 is 0 Å². The monoisotopic (exact) mass is 491 g/mol. The van der Waals surface area contributed by atoms with E-state index in [4.69, 9.17) is 0 Å². The van der Waals surface area contributed by atoms with Gasteiger partial charge in [0.1, 0.15) is 11.6 Å². The molecule has 2 fully saturated rings. The number of guanidine groups is 1. The molecule has 1 amide bonds. The first kappa shape index (κ1) is 21.4. The van der Waals surface area contributed by atoms with Crippen molar-refractivity contribution in [2.75, 3.05) is 20.6 Å². The Hall–Kier alpha value is -0.900. The second-order valence-corrected chi connectivity index (χ2v) is 8.77. The Morgan fingerprint density at radius 3 is 2.62 bits per heavy atom. The van der Waals surface area contributed by atoms with Gasteiger partial charge in [-0.05, 0) is 44.9 Å². The number of thiazole rings is 1. The Kier molecular flexibility index (Phi) is 7.69. The van der Waals surface area contributed by atoms with Gasteiger partial charge in [0.2, 0.25) is 5.91 Å². The average Bonchev–Trinajstić information content (AvgIpc) is 3.26. The molecule has 1 heterocycles. The number of nitrogens with zero attached hydrogens (tertiary/aromatic N) is 3. The summed E-state index contributed by atoms with van der Waals surface area (Å²) < 4.78 is 0. The highest BCUT2D eigenvalue weighted by Crippen LogP contribution is 2.44. The highest BCUT2D eigenvalue weighted by Gasteiger charge is 2.39. The fourth-order valence-electron chi connectivity index (χ4n) is 3.81. The van der Waals surface area contributed by atoms with Gasteiger partial charge in [0, 0.05) is 25.0 Å². The molecular formula is C18H30IN5OS. The Morgan fingerprint density at radius 1 is 1.31 bits per heavy atom. The number of aryl methyl sites for hydroxylation is 2. The number of carbonyl (C=O) groups excluding carboxylic acids is 1. The maximum absolute atomic E-state index is 11.9. The summed E-state index contributed by atoms with van der Waals surface area (Å²) in [6, 6.07) is 0.485. The van der Waals surface area contributed by atoms with Crippen molar-refractivity contribution in [2.45, 2.75) is 52.1 Å². The number of likely N-dealkylation sites (N-methyl/N-ethyl adjacent to an activating group) is 1. The van der Waals surface area contributed by atoms with Crippen LogP contribution in [0.15, 0.2) is 4.99 Å². The van der Waals surface area contributed by atoms with Gasteiger partial charge in [0.25, 0.3) is 0 Å². The number of amides is 1. The van der Waals surface area contributed by atoms with Gasteiger partial charge in [-0.1, -0.05) is 6.42 Å². The molecule has 2 N–H and O–H groups in total. The van der Waals surface area contributed by atoms with Crippen LogP contribution in [0, 0.1) is 25.7 Å². The smallest absolute Gasteiger partial charge is 0.243 e. The minimum atomic E-state index is 0. The van der Waals surface area contributed by atoms with Gasteiger partial charge < -0.3 is 15.5 Å². The first-order chi connectivity index (χ1) is 11.9. The summed E-state index contributed by atoms with van der Waals surface area (Å²) in [7, 11) is 3.52. The molecule has 1 aromatic heterocycles. The Balaban J connectivity index is 0.00000243. The summed E-state index contributed by atoms with van der Waals surface area (Å²) in [5.74, 6) is 2.37. The van der Waals surface area contributed by atoms with E-state index in [1.807, 2.05) is 6.92 Å². The predicted molar refractivity (Wildman–Crippen MR) is 117 cm³/mol. The van der Waals surface area contributed by atoms with Crippen LogP contribution >= 0.6 is 35.3 Å². The fraction of sp³-hybridized carbons (Fsp3) is 0.722. The van der Waals surface area contributed by atoms with E-state index in [-0.39, 0.29) is 36.4 Å². The van der Waals surface area contributed by atoms with Crippen LogP contribution in [0.2, 0.25) is 0 Å². The number of hydrogen-bond acceptors (Lipinski definition) is 4. The third kappa shape index (κ3) is 5.31. The second kappa shape index (κ2) is 9.34. The maximum Gasteiger partial charge on any atom is 0.243 e. The molecule has 2 aliphatic rings. The number of nitrogens with one attached hydrogen (secondary N) is 2. The molecule has 3 unspecified atom stereocenters. The molecule has 3 atom stereocenters. The van der Waals surface area contributed by atoms with Crippen LogP contribution in [0.25, 0.3) is 0 Å². The van der Waals surface area contributed by atoms with Crippen molar-refractivity contribution < 1.29 is 4.79 Å². The van der Waals surface area contributed by atoms with Crippen LogP contribution < -0.4 is 10.6 Å². The lowest BCUT2D eigenvalue weighted by Gasteiger charge is -2.25. The Morgan fingerprint density at radius 2 is 2.08 bits per heavy atom. The van der Waals surface area contributed by atoms with Crippen molar-refractivity contribution in [3.8, 4) is 0 Å². The van der Waals surface area contributed by atoms with Crippen molar-refractivity contribution in [3.63, 3.8) is 0 Å². The molecule has 1 aromatic rings. The molecule has 2 bridgehead atoms. The standard InChI is InChI=1S/C18H29N5OS.HI/c1-11-12(2)25-16(21-11)9-19-18(20-10-17(24)23(3)4)22-15-8-13-5-6-14(15)7-13;/h13-15H,5-10H2,1-4H3,(H2,19,20,22);1H. The van der Waals surface area contributed by atoms with Gasteiger partial charge in [-0.3, -0.25) is 4.79 Å². The molecule has 0 radical (unpaired) electrons. The molecular weight excluding hydrogens is 461 g/mol. The van der Waals surface area contributed by atoms with Crippen LogP contribution in [0.3, 0.4) is 0 Å². The molecule has 0 saturated heterocycles. The van der Waals surface area contributed by atoms with Crippen molar-refractivity contribution >= 4 is 47.2 Å². The zero-order valence-corrected chi connectivity index (χ0v) is 19.2. The van der Waals surface area contributed by atoms with Crippen LogP contribution in [0.1, 0.15) is 41.3 Å². The first-order valence-corrected chi connectivity index (χ1v) is 9.92. The van der Waals surface area contributed by atoms with Crippen molar-refractivity contribution in [1.82, 2.24) is 20.5 Å². The zero-order valence-electron chi connectivity index (χ0n) is 16.0. The molecule has 0 aromatic carbocycles. The number of carbonyl (C=O) groups is 1. The van der Waals surface area contributed by atoms with Gasteiger partial charge in [0.05, 0.1) is 12.2 Å². The lowest BCUT2D eigenvalue weighted by atomic mass is 9.95. The van der Waals surface area contributed by atoms with Gasteiger partial charge in [-0.15, -0.1) is 35.3 Å². The van der Waals surface area contributed by atoms with Gasteiger partial charge in [-0.2, -0.15) is 0 Å². The highest BCUT2D eigenvalue weighted by atomic mass is 127. The Bertz CT molecular complexity index is 641. The zero-order chi connectivity index (χ0) is 18.0. The SMILES string of the molecule is Cc1nc(CNC(=NCC(=O)N(C)C)NC2CC3CCC2C3)sc1C.I. The van der Waals surface area contributed by atoms with Crippen molar-refractivity contribution in [1.29, 1.82) is 0 Å². The third-order valence-corrected chi connectivity index (χ3v) is 6.48. The van der Waals surface area contributed by atoms with E-state index < -0.39 is 0 Å². The molecule has 3 rings (SSSR count). The van der Waals surface area contributed by atoms with Crippen molar-refractivity contribution in [2.24, 2.45) is 16.8 Å². The largest absolute Gasteiger partial charge is 0.353 e. The number of fused-ring (bicyclic) bond motifs is 2. The molecule has 8 heteroatoms. The van der Waals surface area contributed by atoms with E-state index in [0.717, 1.165) is 28.5 Å². The first-order valence-electron chi connectivity index (χ1n) is 9.10. The molecule has 0 spiro atoms. The lowest BCUT2D eigenvalue weighted by molar-refractivity contribution is -0.127. The maximum atomic E-state index is 11.9. The minimum absolute atomic E-state index is 0. The summed E-state index contributed by atoms with van der Waals surface area (Å²) in [5.41, 5.74) is 1.09. The van der Waals surface area contributed by atoms with Crippen LogP contribution in [0.5, 0.6) is 0 Å². The normalized spacial score (nSPS) is 24.3. The average molecular weight is 491 g/mol. The predicted octanol–water partition coefficient (Wildman–Crippen LogP) is 2.69. The van der Waals surface area contributed by atoms with Crippen LogP contribution in [-0.4, -0.2) is 48.4 Å². The lowest BCUT2D eigenvalue weighted by Crippen LogP contribution is -2.45. The molecule has 2 saturated carbocycles. The van der Waals surface area contributed by atoms with E-state index in [0.29, 0.717) is 12.6 Å². The summed E-state index contributed by atoms with van der Waals surface area (Å²) in [6.45, 7) is 4.93. The molecule has 0 aliphatic heterocycles. The Labute approximate surface area is 177 Å². The molecule has 6 nitrogen and oxygen atoms in total. The van der Waals surface area contributed by atoms with E-state index in [1.54, 1.807) is 30.3 Å². The van der Waals surface area contributed by atoms with Crippen LogP contribution in [-0.2, 0) is 11.3 Å². The highest BCUT2D eigenvalue weighted by molar-refractivity contribution is 14.0. The number of halogens is 1. The number of aromatic nitrogens is 1. The van der Waals surface area contributed by atoms with Gasteiger partial charge in [0.15, 0.2) is 5.96 Å². The molecule has 146 valence electrons. The number of aliphatic imine (C=N–C) groups is 1. The van der Waals surface area contributed by atoms with E-state index >= 15 is 0 Å². The van der Waals surface area contributed by atoms with E-state index in [2.05, 4.69) is 27.5 Å². The fourth-order valence-corrected chi connectivity index (χ4v) is 4.69. The second-order valence-electron chi connectivity index (χ2n) is 7.48. The molecule has 2 aliphatic carbocycles. The summed E-state index contributed by atoms with van der Waals surface area (Å²) in [6.07, 6.45) is 5.26. The quantitative estimate of drug-likeness (QED) is 0.378. The minimum Gasteiger partial charge on any atom is -0.353 e. The van der Waals surface area contributed by atoms with E-state index in [1.165, 1.54) is 30.6 Å². The molecule has 26 heavy (non-hydrogen) atoms. The van der Waals surface area contributed by atoms with Gasteiger partial charge in [-0.25, -0.2) is 9.98 Å². The summed E-state index contributed by atoms with van der Waals surface area (Å²) in [4.78, 5) is 23.8. The van der Waals surface area contributed by atoms with Crippen molar-refractivity contribution in [3.05, 3.63) is 15.6 Å². The number of hydrogen-bond donors (Lipinski definition) is 2. The summed E-state index contributed by atoms with van der Waals surface area (Å²) in [5, 5.41) is 8.00. The third-order valence-electron chi connectivity index (χ3n) is 5.41.